The Bertz CT molecular complexity index is 213. The monoisotopic (exact) mass is 230 g/mol. The number of hydrogen-bond donors (Lipinski definition) is 1. The largest absolute Gasteiger partial charge is 0.370 e. The molecule has 0 saturated heterocycles. The normalized spacial score (nSPS) is 11.9. The van der Waals surface area contributed by atoms with Gasteiger partial charge in [0.25, 0.3) is 0 Å². The van der Waals surface area contributed by atoms with Gasteiger partial charge < -0.3 is 15.4 Å². The summed E-state index contributed by atoms with van der Waals surface area (Å²) < 4.78 is 5.40. The van der Waals surface area contributed by atoms with Crippen molar-refractivity contribution in [2.45, 2.75) is 52.1 Å². The van der Waals surface area contributed by atoms with E-state index in [4.69, 9.17) is 10.5 Å². The van der Waals surface area contributed by atoms with Gasteiger partial charge in [0.15, 0.2) is 0 Å². The van der Waals surface area contributed by atoms with Crippen LogP contribution in [0.3, 0.4) is 0 Å². The molecule has 1 amide bonds. The Balaban J connectivity index is 3.94. The van der Waals surface area contributed by atoms with Crippen molar-refractivity contribution in [2.24, 2.45) is 5.73 Å². The van der Waals surface area contributed by atoms with Crippen molar-refractivity contribution in [2.75, 3.05) is 20.3 Å². The second-order valence-electron chi connectivity index (χ2n) is 4.66. The minimum absolute atomic E-state index is 0.00422. The lowest BCUT2D eigenvalue weighted by Gasteiger charge is -2.27. The quantitative estimate of drug-likeness (QED) is 0.719. The van der Waals surface area contributed by atoms with Gasteiger partial charge >= 0.3 is 0 Å². The van der Waals surface area contributed by atoms with Crippen molar-refractivity contribution >= 4 is 5.91 Å². The van der Waals surface area contributed by atoms with E-state index in [1.807, 2.05) is 27.7 Å². The molecule has 0 unspecified atom stereocenters. The summed E-state index contributed by atoms with van der Waals surface area (Å²) in [7, 11) is 1.78. The minimum Gasteiger partial charge on any atom is -0.370 e. The van der Waals surface area contributed by atoms with Crippen molar-refractivity contribution in [1.29, 1.82) is 0 Å². The standard InChI is InChI=1S/C12H26N2O2/c1-6-12(13,7-2)9-16-8-11(15)14(5)10(3)4/h10H,6-9,13H2,1-5H3. The minimum atomic E-state index is -0.295. The summed E-state index contributed by atoms with van der Waals surface area (Å²) in [6, 6.07) is 0.205. The maximum Gasteiger partial charge on any atom is 0.248 e. The zero-order valence-corrected chi connectivity index (χ0v) is 11.2. The summed E-state index contributed by atoms with van der Waals surface area (Å²) >= 11 is 0. The van der Waals surface area contributed by atoms with Gasteiger partial charge in [0.1, 0.15) is 6.61 Å². The molecule has 0 bridgehead atoms. The first-order chi connectivity index (χ1) is 7.36. The third kappa shape index (κ3) is 4.94. The zero-order chi connectivity index (χ0) is 12.8. The highest BCUT2D eigenvalue weighted by Gasteiger charge is 2.21. The summed E-state index contributed by atoms with van der Waals surface area (Å²) in [5.74, 6) is 0.00422. The molecule has 2 N–H and O–H groups in total. The Morgan fingerprint density at radius 3 is 2.25 bits per heavy atom. The van der Waals surface area contributed by atoms with E-state index in [-0.39, 0.29) is 24.1 Å². The number of amides is 1. The van der Waals surface area contributed by atoms with E-state index in [9.17, 15) is 4.79 Å². The Kier molecular flexibility index (Phi) is 6.60. The Morgan fingerprint density at radius 2 is 1.88 bits per heavy atom. The highest BCUT2D eigenvalue weighted by Crippen LogP contribution is 2.11. The number of carbonyl (C=O) groups excluding carboxylic acids is 1. The molecular weight excluding hydrogens is 204 g/mol. The number of rotatable bonds is 7. The van der Waals surface area contributed by atoms with Gasteiger partial charge in [-0.2, -0.15) is 0 Å². The van der Waals surface area contributed by atoms with E-state index >= 15 is 0 Å². The molecular formula is C12H26N2O2. The molecule has 0 atom stereocenters. The van der Waals surface area contributed by atoms with Crippen LogP contribution < -0.4 is 5.73 Å². The second kappa shape index (κ2) is 6.86. The summed E-state index contributed by atoms with van der Waals surface area (Å²) in [4.78, 5) is 13.3. The van der Waals surface area contributed by atoms with Gasteiger partial charge in [-0.25, -0.2) is 0 Å². The molecule has 0 aromatic heterocycles. The first-order valence-corrected chi connectivity index (χ1v) is 5.98. The molecule has 0 saturated carbocycles. The van der Waals surface area contributed by atoms with Crippen molar-refractivity contribution in [3.63, 3.8) is 0 Å². The third-order valence-corrected chi connectivity index (χ3v) is 3.19. The molecule has 0 rings (SSSR count). The Hall–Kier alpha value is -0.610. The van der Waals surface area contributed by atoms with Crippen LogP contribution in [0.1, 0.15) is 40.5 Å². The van der Waals surface area contributed by atoms with Crippen molar-refractivity contribution in [3.8, 4) is 0 Å². The average molecular weight is 230 g/mol. The summed E-state index contributed by atoms with van der Waals surface area (Å²) in [5, 5.41) is 0. The highest BCUT2D eigenvalue weighted by atomic mass is 16.5. The van der Waals surface area contributed by atoms with E-state index in [2.05, 4.69) is 0 Å². The number of carbonyl (C=O) groups is 1. The fourth-order valence-electron chi connectivity index (χ4n) is 1.19. The lowest BCUT2D eigenvalue weighted by atomic mass is 9.96. The number of likely N-dealkylation sites (N-methyl/N-ethyl adjacent to an activating group) is 1. The van der Waals surface area contributed by atoms with Gasteiger partial charge in [0.05, 0.1) is 6.61 Å². The van der Waals surface area contributed by atoms with E-state index in [1.165, 1.54) is 0 Å². The van der Waals surface area contributed by atoms with E-state index in [0.717, 1.165) is 12.8 Å². The molecule has 4 heteroatoms. The first-order valence-electron chi connectivity index (χ1n) is 5.98. The van der Waals surface area contributed by atoms with Gasteiger partial charge in [-0.3, -0.25) is 4.79 Å². The highest BCUT2D eigenvalue weighted by molar-refractivity contribution is 5.77. The number of hydrogen-bond acceptors (Lipinski definition) is 3. The molecule has 4 nitrogen and oxygen atoms in total. The molecule has 0 aromatic carbocycles. The molecule has 0 fully saturated rings. The summed E-state index contributed by atoms with van der Waals surface area (Å²) in [6.45, 7) is 8.58. The fourth-order valence-corrected chi connectivity index (χ4v) is 1.19. The van der Waals surface area contributed by atoms with Crippen LogP contribution in [0.25, 0.3) is 0 Å². The van der Waals surface area contributed by atoms with Crippen LogP contribution in [0.5, 0.6) is 0 Å². The number of ether oxygens (including phenoxy) is 1. The lowest BCUT2D eigenvalue weighted by molar-refractivity contribution is -0.136. The Labute approximate surface area is 99.1 Å². The SMILES string of the molecule is CCC(N)(CC)COCC(=O)N(C)C(C)C. The maximum absolute atomic E-state index is 11.6. The third-order valence-electron chi connectivity index (χ3n) is 3.19. The number of nitrogens with two attached hydrogens (primary N) is 1. The molecule has 16 heavy (non-hydrogen) atoms. The Morgan fingerprint density at radius 1 is 1.38 bits per heavy atom. The van der Waals surface area contributed by atoms with Crippen LogP contribution in [0.15, 0.2) is 0 Å². The van der Waals surface area contributed by atoms with Gasteiger partial charge in [-0.05, 0) is 26.7 Å². The lowest BCUT2D eigenvalue weighted by Crippen LogP contribution is -2.44. The van der Waals surface area contributed by atoms with Gasteiger partial charge in [-0.1, -0.05) is 13.8 Å². The van der Waals surface area contributed by atoms with Crippen LogP contribution in [-0.4, -0.2) is 42.6 Å². The molecule has 0 aliphatic carbocycles. The number of nitrogens with zero attached hydrogens (tertiary/aromatic N) is 1. The summed E-state index contributed by atoms with van der Waals surface area (Å²) in [5.41, 5.74) is 5.77. The average Bonchev–Trinajstić information content (AvgIpc) is 2.27. The van der Waals surface area contributed by atoms with Crippen molar-refractivity contribution in [3.05, 3.63) is 0 Å². The second-order valence-corrected chi connectivity index (χ2v) is 4.66. The smallest absolute Gasteiger partial charge is 0.248 e. The molecule has 0 aromatic rings. The van der Waals surface area contributed by atoms with E-state index < -0.39 is 0 Å². The molecule has 0 spiro atoms. The molecule has 0 heterocycles. The van der Waals surface area contributed by atoms with Crippen molar-refractivity contribution in [1.82, 2.24) is 4.90 Å². The zero-order valence-electron chi connectivity index (χ0n) is 11.2. The van der Waals surface area contributed by atoms with E-state index in [1.54, 1.807) is 11.9 Å². The molecule has 0 aliphatic heterocycles. The van der Waals surface area contributed by atoms with Crippen molar-refractivity contribution < 1.29 is 9.53 Å². The van der Waals surface area contributed by atoms with E-state index in [0.29, 0.717) is 6.61 Å². The predicted molar refractivity (Wildman–Crippen MR) is 66.2 cm³/mol. The van der Waals surface area contributed by atoms with Gasteiger partial charge in [0, 0.05) is 18.6 Å². The van der Waals surface area contributed by atoms with Gasteiger partial charge in [-0.15, -0.1) is 0 Å². The van der Waals surface area contributed by atoms with Crippen LogP contribution in [0.2, 0.25) is 0 Å². The van der Waals surface area contributed by atoms with Crippen LogP contribution in [0.4, 0.5) is 0 Å². The molecule has 0 aliphatic rings. The van der Waals surface area contributed by atoms with Gasteiger partial charge in [0.2, 0.25) is 5.91 Å². The topological polar surface area (TPSA) is 55.6 Å². The maximum atomic E-state index is 11.6. The van der Waals surface area contributed by atoms with Crippen LogP contribution >= 0.6 is 0 Å². The van der Waals surface area contributed by atoms with Crippen LogP contribution in [0, 0.1) is 0 Å². The van der Waals surface area contributed by atoms with Crippen LogP contribution in [-0.2, 0) is 9.53 Å². The predicted octanol–water partition coefficient (Wildman–Crippen LogP) is 1.39. The fraction of sp³-hybridized carbons (Fsp3) is 0.917. The first kappa shape index (κ1) is 15.4. The molecule has 96 valence electrons. The summed E-state index contributed by atoms with van der Waals surface area (Å²) in [6.07, 6.45) is 1.72. The molecule has 0 radical (unpaired) electrons.